The highest BCUT2D eigenvalue weighted by atomic mass is 16.1. The van der Waals surface area contributed by atoms with Crippen molar-refractivity contribution in [2.24, 2.45) is 0 Å². The van der Waals surface area contributed by atoms with Gasteiger partial charge in [0, 0.05) is 6.42 Å². The van der Waals surface area contributed by atoms with Crippen molar-refractivity contribution < 1.29 is 4.79 Å². The summed E-state index contributed by atoms with van der Waals surface area (Å²) in [5.74, 6) is -0.614. The van der Waals surface area contributed by atoms with Crippen LogP contribution in [0.1, 0.15) is 30.4 Å². The molecule has 0 aliphatic carbocycles. The van der Waals surface area contributed by atoms with Crippen LogP contribution >= 0.6 is 0 Å². The summed E-state index contributed by atoms with van der Waals surface area (Å²) in [5, 5.41) is 8.88. The number of ketones is 1. The zero-order chi connectivity index (χ0) is 10.6. The van der Waals surface area contributed by atoms with Crippen LogP contribution in [0.5, 0.6) is 0 Å². The molecular formula is C12H13NO. The summed E-state index contributed by atoms with van der Waals surface area (Å²) in [6.45, 7) is 3.76. The maximum atomic E-state index is 11.4. The van der Waals surface area contributed by atoms with Crippen LogP contribution in [-0.4, -0.2) is 5.78 Å². The maximum Gasteiger partial charge on any atom is 0.154 e. The van der Waals surface area contributed by atoms with Gasteiger partial charge in [0.1, 0.15) is 5.92 Å². The van der Waals surface area contributed by atoms with Crippen LogP contribution < -0.4 is 0 Å². The van der Waals surface area contributed by atoms with E-state index in [4.69, 9.17) is 5.26 Å². The topological polar surface area (TPSA) is 40.9 Å². The van der Waals surface area contributed by atoms with Gasteiger partial charge in [-0.25, -0.2) is 0 Å². The van der Waals surface area contributed by atoms with Crippen molar-refractivity contribution in [3.63, 3.8) is 0 Å². The van der Waals surface area contributed by atoms with Crippen molar-refractivity contribution in [3.8, 4) is 6.07 Å². The summed E-state index contributed by atoms with van der Waals surface area (Å²) in [7, 11) is 0. The van der Waals surface area contributed by atoms with Gasteiger partial charge in [0.25, 0.3) is 0 Å². The number of carbonyl (C=O) groups is 1. The van der Waals surface area contributed by atoms with Crippen molar-refractivity contribution in [2.75, 3.05) is 0 Å². The first-order chi connectivity index (χ1) is 6.69. The molecule has 1 rings (SSSR count). The van der Waals surface area contributed by atoms with E-state index in [2.05, 4.69) is 0 Å². The summed E-state index contributed by atoms with van der Waals surface area (Å²) in [6, 6.07) is 9.57. The van der Waals surface area contributed by atoms with Gasteiger partial charge >= 0.3 is 0 Å². The Morgan fingerprint density at radius 2 is 2.00 bits per heavy atom. The molecule has 0 heterocycles. The van der Waals surface area contributed by atoms with Crippen molar-refractivity contribution >= 4 is 5.78 Å². The molecule has 0 bridgehead atoms. The number of benzene rings is 1. The SMILES string of the molecule is CCC(=O)C(C#N)c1ccc(C)cc1. The molecule has 2 nitrogen and oxygen atoms in total. The Morgan fingerprint density at radius 1 is 1.43 bits per heavy atom. The molecule has 1 atom stereocenters. The Hall–Kier alpha value is -1.62. The number of nitriles is 1. The summed E-state index contributed by atoms with van der Waals surface area (Å²) < 4.78 is 0. The van der Waals surface area contributed by atoms with Crippen LogP contribution in [0.3, 0.4) is 0 Å². The third-order valence-electron chi connectivity index (χ3n) is 2.21. The molecule has 0 radical (unpaired) electrons. The van der Waals surface area contributed by atoms with E-state index in [-0.39, 0.29) is 5.78 Å². The summed E-state index contributed by atoms with van der Waals surface area (Å²) in [5.41, 5.74) is 1.93. The minimum absolute atomic E-state index is 0.0173. The first kappa shape index (κ1) is 10.5. The smallest absolute Gasteiger partial charge is 0.154 e. The fourth-order valence-corrected chi connectivity index (χ4v) is 1.30. The van der Waals surface area contributed by atoms with Gasteiger partial charge in [-0.2, -0.15) is 5.26 Å². The Labute approximate surface area is 84.2 Å². The lowest BCUT2D eigenvalue weighted by Crippen LogP contribution is -2.09. The number of aryl methyl sites for hydroxylation is 1. The standard InChI is InChI=1S/C12H13NO/c1-3-12(14)11(8-13)10-6-4-9(2)5-7-10/h4-7,11H,3H2,1-2H3. The van der Waals surface area contributed by atoms with Crippen LogP contribution in [-0.2, 0) is 4.79 Å². The molecular weight excluding hydrogens is 174 g/mol. The minimum atomic E-state index is -0.597. The summed E-state index contributed by atoms with van der Waals surface area (Å²) in [6.07, 6.45) is 0.409. The molecule has 0 saturated carbocycles. The highest BCUT2D eigenvalue weighted by Gasteiger charge is 2.17. The molecule has 0 N–H and O–H groups in total. The normalized spacial score (nSPS) is 11.8. The van der Waals surface area contributed by atoms with Gasteiger partial charge in [-0.1, -0.05) is 36.8 Å². The van der Waals surface area contributed by atoms with E-state index in [1.807, 2.05) is 37.3 Å². The molecule has 0 spiro atoms. The number of hydrogen-bond acceptors (Lipinski definition) is 2. The predicted octanol–water partition coefficient (Wildman–Crippen LogP) is 2.58. The number of carbonyl (C=O) groups excluding carboxylic acids is 1. The van der Waals surface area contributed by atoms with Crippen LogP contribution in [0.15, 0.2) is 24.3 Å². The van der Waals surface area contributed by atoms with Gasteiger partial charge in [0.15, 0.2) is 5.78 Å². The zero-order valence-corrected chi connectivity index (χ0v) is 8.45. The van der Waals surface area contributed by atoms with E-state index in [1.54, 1.807) is 6.92 Å². The van der Waals surface area contributed by atoms with Gasteiger partial charge in [0.2, 0.25) is 0 Å². The average molecular weight is 187 g/mol. The molecule has 0 aliphatic heterocycles. The lowest BCUT2D eigenvalue weighted by molar-refractivity contribution is -0.119. The molecule has 1 aromatic rings. The fourth-order valence-electron chi connectivity index (χ4n) is 1.30. The molecule has 2 heteroatoms. The third-order valence-corrected chi connectivity index (χ3v) is 2.21. The second-order valence-electron chi connectivity index (χ2n) is 3.29. The predicted molar refractivity (Wildman–Crippen MR) is 54.8 cm³/mol. The Kier molecular flexibility index (Phi) is 3.41. The van der Waals surface area contributed by atoms with Gasteiger partial charge in [-0.3, -0.25) is 4.79 Å². The van der Waals surface area contributed by atoms with Gasteiger partial charge in [-0.15, -0.1) is 0 Å². The quantitative estimate of drug-likeness (QED) is 0.729. The van der Waals surface area contributed by atoms with Gasteiger partial charge in [0.05, 0.1) is 6.07 Å². The minimum Gasteiger partial charge on any atom is -0.298 e. The van der Waals surface area contributed by atoms with Crippen LogP contribution in [0.4, 0.5) is 0 Å². The Morgan fingerprint density at radius 3 is 2.43 bits per heavy atom. The van der Waals surface area contributed by atoms with Crippen LogP contribution in [0.2, 0.25) is 0 Å². The first-order valence-electron chi connectivity index (χ1n) is 4.68. The maximum absolute atomic E-state index is 11.4. The molecule has 0 fully saturated rings. The van der Waals surface area contributed by atoms with Gasteiger partial charge < -0.3 is 0 Å². The lowest BCUT2D eigenvalue weighted by Gasteiger charge is -2.06. The highest BCUT2D eigenvalue weighted by Crippen LogP contribution is 2.17. The number of nitrogens with zero attached hydrogens (tertiary/aromatic N) is 1. The van der Waals surface area contributed by atoms with E-state index in [1.165, 1.54) is 0 Å². The summed E-state index contributed by atoms with van der Waals surface area (Å²) in [4.78, 5) is 11.4. The average Bonchev–Trinajstić information content (AvgIpc) is 2.21. The van der Waals surface area contributed by atoms with Crippen molar-refractivity contribution in [2.45, 2.75) is 26.2 Å². The van der Waals surface area contributed by atoms with Crippen LogP contribution in [0, 0.1) is 18.3 Å². The van der Waals surface area contributed by atoms with Crippen molar-refractivity contribution in [3.05, 3.63) is 35.4 Å². The largest absolute Gasteiger partial charge is 0.298 e. The first-order valence-corrected chi connectivity index (χ1v) is 4.68. The molecule has 72 valence electrons. The van der Waals surface area contributed by atoms with E-state index in [9.17, 15) is 4.79 Å². The fraction of sp³-hybridized carbons (Fsp3) is 0.333. The molecule has 14 heavy (non-hydrogen) atoms. The number of rotatable bonds is 3. The zero-order valence-electron chi connectivity index (χ0n) is 8.45. The molecule has 0 saturated heterocycles. The number of Topliss-reactive ketones (excluding diaryl/α,β-unsaturated/α-hetero) is 1. The molecule has 0 amide bonds. The second-order valence-corrected chi connectivity index (χ2v) is 3.29. The molecule has 1 aromatic carbocycles. The van der Waals surface area contributed by atoms with Gasteiger partial charge in [-0.05, 0) is 12.5 Å². The van der Waals surface area contributed by atoms with Crippen molar-refractivity contribution in [1.82, 2.24) is 0 Å². The van der Waals surface area contributed by atoms with E-state index >= 15 is 0 Å². The monoisotopic (exact) mass is 187 g/mol. The molecule has 0 aromatic heterocycles. The van der Waals surface area contributed by atoms with E-state index in [0.717, 1.165) is 11.1 Å². The lowest BCUT2D eigenvalue weighted by atomic mass is 9.94. The summed E-state index contributed by atoms with van der Waals surface area (Å²) >= 11 is 0. The highest BCUT2D eigenvalue weighted by molar-refractivity contribution is 5.88. The Bertz CT molecular complexity index is 359. The second kappa shape index (κ2) is 4.57. The van der Waals surface area contributed by atoms with E-state index < -0.39 is 5.92 Å². The van der Waals surface area contributed by atoms with E-state index in [0.29, 0.717) is 6.42 Å². The third kappa shape index (κ3) is 2.20. The molecule has 1 unspecified atom stereocenters. The molecule has 0 aliphatic rings. The van der Waals surface area contributed by atoms with Crippen molar-refractivity contribution in [1.29, 1.82) is 5.26 Å². The number of hydrogen-bond donors (Lipinski definition) is 0. The van der Waals surface area contributed by atoms with Crippen LogP contribution in [0.25, 0.3) is 0 Å². The Balaban J connectivity index is 2.97.